The molecule has 0 saturated carbocycles. The molecule has 1 aromatic heterocycles. The van der Waals surface area contributed by atoms with Crippen molar-refractivity contribution in [2.75, 3.05) is 0 Å². The predicted molar refractivity (Wildman–Crippen MR) is 45.2 cm³/mol. The Morgan fingerprint density at radius 3 is 3.27 bits per heavy atom. The van der Waals surface area contributed by atoms with E-state index in [2.05, 4.69) is 29.6 Å². The third-order valence-electron chi connectivity index (χ3n) is 2.13. The summed E-state index contributed by atoms with van der Waals surface area (Å²) in [6, 6.07) is 0. The van der Waals surface area contributed by atoms with Crippen molar-refractivity contribution in [1.82, 2.24) is 9.55 Å². The predicted octanol–water partition coefficient (Wildman–Crippen LogP) is 2.25. The molecule has 0 radical (unpaired) electrons. The van der Waals surface area contributed by atoms with E-state index in [1.807, 2.05) is 12.4 Å². The second-order valence-corrected chi connectivity index (χ2v) is 3.27. The first-order valence-electron chi connectivity index (χ1n) is 3.97. The van der Waals surface area contributed by atoms with Crippen molar-refractivity contribution in [3.8, 4) is 0 Å². The molecule has 0 amide bonds. The average Bonchev–Trinajstić information content (AvgIpc) is 2.34. The molecule has 11 heavy (non-hydrogen) atoms. The van der Waals surface area contributed by atoms with Crippen LogP contribution in [0.4, 0.5) is 0 Å². The number of allylic oxidation sites excluding steroid dienone is 1. The second kappa shape index (κ2) is 2.22. The first-order valence-corrected chi connectivity index (χ1v) is 3.97. The largest absolute Gasteiger partial charge is 0.310 e. The molecule has 2 rings (SSSR count). The summed E-state index contributed by atoms with van der Waals surface area (Å²) in [5.74, 6) is 1.77. The van der Waals surface area contributed by atoms with Gasteiger partial charge in [-0.15, -0.1) is 0 Å². The van der Waals surface area contributed by atoms with Gasteiger partial charge in [-0.25, -0.2) is 4.98 Å². The highest BCUT2D eigenvalue weighted by Gasteiger charge is 2.15. The lowest BCUT2D eigenvalue weighted by molar-refractivity contribution is 0.665. The molecule has 0 N–H and O–H groups in total. The molecule has 1 aliphatic rings. The molecule has 1 atom stereocenters. The van der Waals surface area contributed by atoms with Crippen molar-refractivity contribution in [3.05, 3.63) is 23.8 Å². The number of fused-ring (bicyclic) bond motifs is 1. The van der Waals surface area contributed by atoms with E-state index < -0.39 is 0 Å². The fraction of sp³-hybridized carbons (Fsp3) is 0.444. The zero-order valence-electron chi connectivity index (χ0n) is 6.91. The zero-order valence-corrected chi connectivity index (χ0v) is 6.91. The number of imidazole rings is 1. The number of hydrogen-bond donors (Lipinski definition) is 0. The van der Waals surface area contributed by atoms with Gasteiger partial charge in [0.1, 0.15) is 5.82 Å². The summed E-state index contributed by atoms with van der Waals surface area (Å²) in [4.78, 5) is 4.29. The van der Waals surface area contributed by atoms with Gasteiger partial charge in [0.2, 0.25) is 0 Å². The fourth-order valence-electron chi connectivity index (χ4n) is 1.68. The molecule has 58 valence electrons. The quantitative estimate of drug-likeness (QED) is 0.551. The van der Waals surface area contributed by atoms with Gasteiger partial charge >= 0.3 is 0 Å². The van der Waals surface area contributed by atoms with Gasteiger partial charge in [0.15, 0.2) is 0 Å². The molecule has 0 fully saturated rings. The Hall–Kier alpha value is -1.05. The van der Waals surface area contributed by atoms with Gasteiger partial charge in [0.05, 0.1) is 0 Å². The van der Waals surface area contributed by atoms with Gasteiger partial charge in [-0.05, 0) is 13.3 Å². The van der Waals surface area contributed by atoms with Crippen molar-refractivity contribution in [1.29, 1.82) is 0 Å². The van der Waals surface area contributed by atoms with E-state index in [-0.39, 0.29) is 0 Å². The van der Waals surface area contributed by atoms with E-state index in [4.69, 9.17) is 0 Å². The van der Waals surface area contributed by atoms with Gasteiger partial charge in [-0.1, -0.05) is 12.5 Å². The van der Waals surface area contributed by atoms with Crippen LogP contribution in [0.2, 0.25) is 0 Å². The van der Waals surface area contributed by atoms with Crippen LogP contribution in [0.25, 0.3) is 6.20 Å². The van der Waals surface area contributed by atoms with Gasteiger partial charge in [0, 0.05) is 24.5 Å². The maximum Gasteiger partial charge on any atom is 0.115 e. The molecule has 0 aliphatic carbocycles. The summed E-state index contributed by atoms with van der Waals surface area (Å²) < 4.78 is 2.11. The number of hydrogen-bond acceptors (Lipinski definition) is 1. The summed E-state index contributed by atoms with van der Waals surface area (Å²) in [7, 11) is 0. The number of rotatable bonds is 0. The molecule has 2 heteroatoms. The third-order valence-corrected chi connectivity index (χ3v) is 2.13. The van der Waals surface area contributed by atoms with Crippen LogP contribution in [-0.4, -0.2) is 9.55 Å². The van der Waals surface area contributed by atoms with Gasteiger partial charge in [0.25, 0.3) is 0 Å². The van der Waals surface area contributed by atoms with Gasteiger partial charge in [-0.3, -0.25) is 0 Å². The minimum absolute atomic E-state index is 0.579. The standard InChI is InChI=1S/C9H12N2/c1-7-5-8(2)9-10-3-4-11(9)6-7/h3-4,6,8H,5H2,1-2H3. The SMILES string of the molecule is CC1=Cn2ccnc2C(C)C1. The molecular formula is C9H12N2. The van der Waals surface area contributed by atoms with Crippen molar-refractivity contribution in [3.63, 3.8) is 0 Å². The van der Waals surface area contributed by atoms with E-state index >= 15 is 0 Å². The number of aromatic nitrogens is 2. The molecule has 1 unspecified atom stereocenters. The summed E-state index contributed by atoms with van der Waals surface area (Å²) in [5.41, 5.74) is 1.43. The highest BCUT2D eigenvalue weighted by atomic mass is 15.1. The third kappa shape index (κ3) is 0.985. The maximum atomic E-state index is 4.29. The monoisotopic (exact) mass is 148 g/mol. The first kappa shape index (κ1) is 6.65. The Morgan fingerprint density at radius 1 is 1.64 bits per heavy atom. The lowest BCUT2D eigenvalue weighted by Gasteiger charge is -2.17. The molecule has 2 nitrogen and oxygen atoms in total. The summed E-state index contributed by atoms with van der Waals surface area (Å²) in [5, 5.41) is 0. The van der Waals surface area contributed by atoms with Crippen molar-refractivity contribution >= 4 is 6.20 Å². The van der Waals surface area contributed by atoms with E-state index in [0.717, 1.165) is 6.42 Å². The lowest BCUT2D eigenvalue weighted by atomic mass is 10.00. The van der Waals surface area contributed by atoms with Crippen LogP contribution < -0.4 is 0 Å². The normalized spacial score (nSPS) is 22.7. The average molecular weight is 148 g/mol. The molecule has 1 aliphatic heterocycles. The van der Waals surface area contributed by atoms with Crippen LogP contribution in [0.5, 0.6) is 0 Å². The molecule has 1 aromatic rings. The Bertz CT molecular complexity index is 296. The maximum absolute atomic E-state index is 4.29. The zero-order chi connectivity index (χ0) is 7.84. The van der Waals surface area contributed by atoms with E-state index in [1.165, 1.54) is 11.4 Å². The van der Waals surface area contributed by atoms with E-state index in [9.17, 15) is 0 Å². The fourth-order valence-corrected chi connectivity index (χ4v) is 1.68. The van der Waals surface area contributed by atoms with Gasteiger partial charge in [-0.2, -0.15) is 0 Å². The van der Waals surface area contributed by atoms with Crippen molar-refractivity contribution in [2.45, 2.75) is 26.2 Å². The van der Waals surface area contributed by atoms with Crippen LogP contribution in [0.3, 0.4) is 0 Å². The summed E-state index contributed by atoms with van der Waals surface area (Å²) in [6.07, 6.45) is 7.18. The molecule has 0 saturated heterocycles. The summed E-state index contributed by atoms with van der Waals surface area (Å²) >= 11 is 0. The molecule has 0 bridgehead atoms. The molecule has 0 spiro atoms. The minimum atomic E-state index is 0.579. The van der Waals surface area contributed by atoms with Crippen LogP contribution in [-0.2, 0) is 0 Å². The minimum Gasteiger partial charge on any atom is -0.310 e. The lowest BCUT2D eigenvalue weighted by Crippen LogP contribution is -2.07. The van der Waals surface area contributed by atoms with Crippen molar-refractivity contribution < 1.29 is 0 Å². The van der Waals surface area contributed by atoms with Crippen LogP contribution >= 0.6 is 0 Å². The Morgan fingerprint density at radius 2 is 2.45 bits per heavy atom. The van der Waals surface area contributed by atoms with E-state index in [0.29, 0.717) is 5.92 Å². The summed E-state index contributed by atoms with van der Waals surface area (Å²) in [6.45, 7) is 4.38. The number of nitrogens with zero attached hydrogens (tertiary/aromatic N) is 2. The molecule has 2 heterocycles. The molecule has 0 aromatic carbocycles. The molecular weight excluding hydrogens is 136 g/mol. The second-order valence-electron chi connectivity index (χ2n) is 3.27. The highest BCUT2D eigenvalue weighted by Crippen LogP contribution is 2.26. The Balaban J connectivity index is 2.51. The van der Waals surface area contributed by atoms with Crippen molar-refractivity contribution in [2.24, 2.45) is 0 Å². The van der Waals surface area contributed by atoms with Crippen LogP contribution in [0.1, 0.15) is 32.0 Å². The van der Waals surface area contributed by atoms with E-state index in [1.54, 1.807) is 0 Å². The Kier molecular flexibility index (Phi) is 1.34. The Labute approximate surface area is 66.6 Å². The topological polar surface area (TPSA) is 17.8 Å². The highest BCUT2D eigenvalue weighted by molar-refractivity contribution is 5.36. The smallest absolute Gasteiger partial charge is 0.115 e. The van der Waals surface area contributed by atoms with Crippen LogP contribution in [0.15, 0.2) is 18.0 Å². The van der Waals surface area contributed by atoms with Crippen LogP contribution in [0, 0.1) is 0 Å². The first-order chi connectivity index (χ1) is 5.27. The van der Waals surface area contributed by atoms with Gasteiger partial charge < -0.3 is 4.57 Å².